The Morgan fingerprint density at radius 1 is 0.961 bits per heavy atom. The van der Waals surface area contributed by atoms with Gasteiger partial charge in [0.2, 0.25) is 29.4 Å². The Bertz CT molecular complexity index is 1360. The van der Waals surface area contributed by atoms with Gasteiger partial charge in [-0.3, -0.25) is 38.6 Å². The second-order valence-electron chi connectivity index (χ2n) is 16.5. The van der Waals surface area contributed by atoms with Crippen LogP contribution in [0.4, 0.5) is 4.79 Å². The first-order chi connectivity index (χ1) is 24.0. The van der Waals surface area contributed by atoms with Gasteiger partial charge in [0, 0.05) is 19.6 Å². The minimum atomic E-state index is -1.03. The summed E-state index contributed by atoms with van der Waals surface area (Å²) < 4.78 is 0. The molecule has 1 saturated carbocycles. The molecule has 14 heteroatoms. The molecule has 4 aliphatic rings. The fourth-order valence-corrected chi connectivity index (χ4v) is 7.90. The smallest absolute Gasteiger partial charge is 0.315 e. The molecule has 0 unspecified atom stereocenters. The number of piperidine rings is 1. The highest BCUT2D eigenvalue weighted by atomic mass is 16.2. The highest BCUT2D eigenvalue weighted by Gasteiger charge is 2.69. The number of fused-ring (bicyclic) bond motifs is 3. The summed E-state index contributed by atoms with van der Waals surface area (Å²) in [5.41, 5.74) is -0.730. The maximum absolute atomic E-state index is 14.4. The minimum absolute atomic E-state index is 0.000643. The van der Waals surface area contributed by atoms with E-state index in [1.807, 2.05) is 20.8 Å². The number of imide groups is 1. The Balaban J connectivity index is 1.55. The maximum atomic E-state index is 14.4. The molecule has 0 aromatic heterocycles. The van der Waals surface area contributed by atoms with Crippen molar-refractivity contribution in [3.05, 3.63) is 12.7 Å². The number of nitrogens with one attached hydrogen (secondary N) is 4. The van der Waals surface area contributed by atoms with Gasteiger partial charge in [0.15, 0.2) is 0 Å². The van der Waals surface area contributed by atoms with Crippen LogP contribution in [0.25, 0.3) is 0 Å². The van der Waals surface area contributed by atoms with Crippen molar-refractivity contribution in [2.45, 2.75) is 117 Å². The molecular formula is C37H59N7O7. The van der Waals surface area contributed by atoms with Crippen LogP contribution in [0.5, 0.6) is 0 Å². The van der Waals surface area contributed by atoms with E-state index in [-0.39, 0.29) is 61.2 Å². The highest BCUT2D eigenvalue weighted by molar-refractivity contribution is 6.38. The van der Waals surface area contributed by atoms with Crippen molar-refractivity contribution >= 4 is 41.4 Å². The summed E-state index contributed by atoms with van der Waals surface area (Å²) in [4.78, 5) is 97.9. The summed E-state index contributed by atoms with van der Waals surface area (Å²) in [5, 5.41) is 11.2. The van der Waals surface area contributed by atoms with E-state index in [1.165, 1.54) is 11.0 Å². The van der Waals surface area contributed by atoms with Crippen molar-refractivity contribution < 1.29 is 33.6 Å². The highest BCUT2D eigenvalue weighted by Crippen LogP contribution is 2.65. The Morgan fingerprint density at radius 2 is 1.55 bits per heavy atom. The van der Waals surface area contributed by atoms with Gasteiger partial charge in [-0.2, -0.15) is 0 Å². The average molecular weight is 714 g/mol. The molecule has 3 saturated heterocycles. The van der Waals surface area contributed by atoms with E-state index in [9.17, 15) is 33.6 Å². The molecule has 14 nitrogen and oxygen atoms in total. The van der Waals surface area contributed by atoms with Gasteiger partial charge in [0.05, 0.1) is 25.2 Å². The molecule has 0 bridgehead atoms. The second-order valence-corrected chi connectivity index (χ2v) is 16.5. The quantitative estimate of drug-likeness (QED) is 0.167. The molecule has 0 spiro atoms. The zero-order valence-electron chi connectivity index (χ0n) is 31.3. The molecule has 4 fully saturated rings. The third-order valence-corrected chi connectivity index (χ3v) is 11.2. The van der Waals surface area contributed by atoms with E-state index in [0.717, 1.165) is 32.1 Å². The largest absolute Gasteiger partial charge is 0.346 e. The Labute approximate surface area is 302 Å². The topological polar surface area (TPSA) is 177 Å². The molecule has 7 amide bonds. The van der Waals surface area contributed by atoms with E-state index in [2.05, 4.69) is 41.7 Å². The van der Waals surface area contributed by atoms with Gasteiger partial charge < -0.3 is 26.2 Å². The van der Waals surface area contributed by atoms with Crippen molar-refractivity contribution in [3.63, 3.8) is 0 Å². The van der Waals surface area contributed by atoms with Gasteiger partial charge in [-0.15, -0.1) is 6.58 Å². The third kappa shape index (κ3) is 9.75. The molecule has 1 aliphatic carbocycles. The predicted octanol–water partition coefficient (Wildman–Crippen LogP) is 1.73. The predicted molar refractivity (Wildman–Crippen MR) is 191 cm³/mol. The van der Waals surface area contributed by atoms with Crippen LogP contribution in [-0.4, -0.2) is 120 Å². The van der Waals surface area contributed by atoms with Gasteiger partial charge >= 0.3 is 6.03 Å². The monoisotopic (exact) mass is 713 g/mol. The van der Waals surface area contributed by atoms with Crippen LogP contribution in [0.3, 0.4) is 0 Å². The number of hydrogen-bond acceptors (Lipinski definition) is 8. The fourth-order valence-electron chi connectivity index (χ4n) is 7.90. The molecule has 0 radical (unpaired) electrons. The summed E-state index contributed by atoms with van der Waals surface area (Å²) >= 11 is 0. The Kier molecular flexibility index (Phi) is 13.1. The molecular weight excluding hydrogens is 654 g/mol. The van der Waals surface area contributed by atoms with Crippen LogP contribution >= 0.6 is 0 Å². The Hall–Kier alpha value is -3.81. The molecule has 3 heterocycles. The number of likely N-dealkylation sites (N-methyl/N-ethyl adjacent to an activating group) is 1. The zero-order chi connectivity index (χ0) is 37.7. The van der Waals surface area contributed by atoms with E-state index in [4.69, 9.17) is 0 Å². The average Bonchev–Trinajstić information content (AvgIpc) is 3.35. The van der Waals surface area contributed by atoms with Gasteiger partial charge in [0.1, 0.15) is 12.1 Å². The molecule has 3 aliphatic heterocycles. The summed E-state index contributed by atoms with van der Waals surface area (Å²) in [6.45, 7) is 14.1. The lowest BCUT2D eigenvalue weighted by Gasteiger charge is -2.38. The first-order valence-corrected chi connectivity index (χ1v) is 18.6. The number of rotatable bonds is 8. The fraction of sp³-hybridized carbons (Fsp3) is 0.757. The molecule has 6 atom stereocenters. The first-order valence-electron chi connectivity index (χ1n) is 18.6. The lowest BCUT2D eigenvalue weighted by Crippen LogP contribution is -2.62. The van der Waals surface area contributed by atoms with Crippen LogP contribution in [0.15, 0.2) is 12.7 Å². The van der Waals surface area contributed by atoms with Crippen molar-refractivity contribution in [1.29, 1.82) is 0 Å². The van der Waals surface area contributed by atoms with Crippen molar-refractivity contribution in [2.24, 2.45) is 22.7 Å². The molecule has 0 aromatic carbocycles. The summed E-state index contributed by atoms with van der Waals surface area (Å²) in [5.74, 6) is -3.09. The number of amides is 7. The lowest BCUT2D eigenvalue weighted by atomic mass is 9.86. The van der Waals surface area contributed by atoms with Crippen LogP contribution in [0.1, 0.15) is 92.4 Å². The summed E-state index contributed by atoms with van der Waals surface area (Å²) in [7, 11) is 1.70. The van der Waals surface area contributed by atoms with E-state index in [1.54, 1.807) is 16.8 Å². The van der Waals surface area contributed by atoms with Crippen LogP contribution in [0, 0.1) is 22.7 Å². The summed E-state index contributed by atoms with van der Waals surface area (Å²) in [6.07, 6.45) is 8.08. The number of carbonyl (C=O) groups excluding carboxylic acids is 7. The van der Waals surface area contributed by atoms with Crippen molar-refractivity contribution in [3.8, 4) is 0 Å². The number of piperazine rings is 1. The maximum Gasteiger partial charge on any atom is 0.315 e. The molecule has 4 N–H and O–H groups in total. The molecule has 51 heavy (non-hydrogen) atoms. The number of carbonyl (C=O) groups is 7. The number of ketones is 1. The molecule has 4 rings (SSSR count). The van der Waals surface area contributed by atoms with Crippen LogP contribution in [0.2, 0.25) is 0 Å². The van der Waals surface area contributed by atoms with Crippen LogP contribution < -0.4 is 21.3 Å². The number of nitrogens with zero attached hydrogens (tertiary/aromatic N) is 3. The molecule has 0 aromatic rings. The second kappa shape index (κ2) is 16.7. The SMILES string of the molecule is C=CCNC(=O)C(=O)[C@H]1CCCCCCCCC[C@@H](NC(=O)N[C@H](CN2C(=O)CN(C)CC2=O)C(C)(C)C)C(=O)N2C[C@H]3[C@@H]([C@H]2C(=O)N1)C3(C)C. The van der Waals surface area contributed by atoms with Gasteiger partial charge in [-0.1, -0.05) is 85.6 Å². The van der Waals surface area contributed by atoms with Gasteiger partial charge in [0.25, 0.3) is 5.91 Å². The van der Waals surface area contributed by atoms with Gasteiger partial charge in [-0.05, 0) is 42.6 Å². The number of Topliss-reactive ketones (excluding diaryl/α,β-unsaturated/α-hetero) is 1. The van der Waals surface area contributed by atoms with E-state index < -0.39 is 53.2 Å². The van der Waals surface area contributed by atoms with Crippen molar-refractivity contribution in [1.82, 2.24) is 36.0 Å². The number of hydrogen-bond donors (Lipinski definition) is 4. The van der Waals surface area contributed by atoms with E-state index >= 15 is 0 Å². The third-order valence-electron chi connectivity index (χ3n) is 11.2. The van der Waals surface area contributed by atoms with Crippen molar-refractivity contribution in [2.75, 3.05) is 39.8 Å². The standard InChI is InChI=1S/C37H59N7O7/c1-8-18-38-33(49)31(47)24-16-14-12-10-9-11-13-15-17-25(34(50)44-19-23-29(37(23,5)6)30(44)32(48)39-24)40-35(51)41-26(36(2,3)4)20-43-27(45)21-42(7)22-28(43)46/h8,23-26,29-30H,1,9-22H2,2-7H3,(H,38,49)(H,39,48)(H2,40,41,51)/t23-,24+,25+,26+,29-,30-/m0/s1. The first kappa shape index (κ1) is 40.0. The zero-order valence-corrected chi connectivity index (χ0v) is 31.3. The number of urea groups is 1. The summed E-state index contributed by atoms with van der Waals surface area (Å²) in [6, 6.07) is -4.02. The normalized spacial score (nSPS) is 28.5. The molecule has 284 valence electrons. The van der Waals surface area contributed by atoms with Gasteiger partial charge in [-0.25, -0.2) is 4.79 Å². The lowest BCUT2D eigenvalue weighted by molar-refractivity contribution is -0.151. The van der Waals surface area contributed by atoms with Crippen LogP contribution in [-0.2, 0) is 28.8 Å². The minimum Gasteiger partial charge on any atom is -0.346 e. The Morgan fingerprint density at radius 3 is 2.14 bits per heavy atom. The van der Waals surface area contributed by atoms with E-state index in [0.29, 0.717) is 32.2 Å².